The largest absolute Gasteiger partial charge is 0.392 e. The molecule has 96 valence electrons. The number of hydrogen-bond acceptors (Lipinski definition) is 3. The molecule has 0 fully saturated rings. The van der Waals surface area contributed by atoms with E-state index in [9.17, 15) is 8.42 Å². The molecule has 0 aromatic carbocycles. The van der Waals surface area contributed by atoms with Crippen molar-refractivity contribution >= 4 is 27.2 Å². The van der Waals surface area contributed by atoms with Crippen LogP contribution in [0.25, 0.3) is 0 Å². The summed E-state index contributed by atoms with van der Waals surface area (Å²) in [7, 11) is -1.80. The summed E-state index contributed by atoms with van der Waals surface area (Å²) in [5, 5.41) is -0.736. The van der Waals surface area contributed by atoms with Crippen molar-refractivity contribution in [2.75, 3.05) is 13.6 Å². The molecule has 6 heteroatoms. The lowest BCUT2D eigenvalue weighted by Crippen LogP contribution is -2.43. The maximum absolute atomic E-state index is 12.1. The minimum Gasteiger partial charge on any atom is -0.392 e. The third-order valence-electron chi connectivity index (χ3n) is 2.50. The average Bonchev–Trinajstić information content (AvgIpc) is 2.13. The predicted molar refractivity (Wildman–Crippen MR) is 71.9 cm³/mol. The fourth-order valence-corrected chi connectivity index (χ4v) is 3.38. The Hall–Kier alpha value is -0.200. The number of nitrogens with two attached hydrogens (primary N) is 1. The van der Waals surface area contributed by atoms with E-state index < -0.39 is 15.3 Å². The first kappa shape index (κ1) is 15.8. The summed E-state index contributed by atoms with van der Waals surface area (Å²) < 4.78 is 25.5. The Kier molecular flexibility index (Phi) is 6.43. The van der Waals surface area contributed by atoms with Gasteiger partial charge in [0.2, 0.25) is 10.0 Å². The van der Waals surface area contributed by atoms with Crippen molar-refractivity contribution in [3.63, 3.8) is 0 Å². The Bertz CT molecular complexity index is 326. The zero-order valence-electron chi connectivity index (χ0n) is 10.4. The van der Waals surface area contributed by atoms with E-state index in [1.54, 1.807) is 14.0 Å². The number of sulfonamides is 1. The third kappa shape index (κ3) is 4.35. The fourth-order valence-electron chi connectivity index (χ4n) is 1.34. The van der Waals surface area contributed by atoms with Gasteiger partial charge in [-0.2, -0.15) is 0 Å². The molecule has 0 aliphatic rings. The molecule has 4 nitrogen and oxygen atoms in total. The summed E-state index contributed by atoms with van der Waals surface area (Å²) in [6.07, 6.45) is 1.26. The maximum atomic E-state index is 12.1. The minimum absolute atomic E-state index is 0.0545. The van der Waals surface area contributed by atoms with Crippen molar-refractivity contribution in [2.45, 2.75) is 38.9 Å². The van der Waals surface area contributed by atoms with Crippen LogP contribution in [0, 0.1) is 5.92 Å². The van der Waals surface area contributed by atoms with E-state index in [1.165, 1.54) is 4.31 Å². The van der Waals surface area contributed by atoms with Crippen LogP contribution in [0.15, 0.2) is 0 Å². The molecule has 0 saturated heterocycles. The van der Waals surface area contributed by atoms with Gasteiger partial charge >= 0.3 is 0 Å². The highest BCUT2D eigenvalue weighted by atomic mass is 32.2. The summed E-state index contributed by atoms with van der Waals surface area (Å²) in [5.74, 6) is 0.475. The molecule has 16 heavy (non-hydrogen) atoms. The topological polar surface area (TPSA) is 63.4 Å². The van der Waals surface area contributed by atoms with Gasteiger partial charge in [-0.05, 0) is 18.8 Å². The summed E-state index contributed by atoms with van der Waals surface area (Å²) in [6, 6.07) is 0. The normalized spacial score (nSPS) is 14.4. The van der Waals surface area contributed by atoms with Crippen LogP contribution in [-0.2, 0) is 10.0 Å². The van der Waals surface area contributed by atoms with Crippen LogP contribution in [0.3, 0.4) is 0 Å². The first-order valence-electron chi connectivity index (χ1n) is 5.47. The molecule has 2 N–H and O–H groups in total. The Labute approximate surface area is 104 Å². The van der Waals surface area contributed by atoms with Crippen molar-refractivity contribution in [1.82, 2.24) is 4.31 Å². The lowest BCUT2D eigenvalue weighted by Gasteiger charge is -2.23. The van der Waals surface area contributed by atoms with E-state index in [4.69, 9.17) is 18.0 Å². The van der Waals surface area contributed by atoms with Gasteiger partial charge in [-0.3, -0.25) is 0 Å². The van der Waals surface area contributed by atoms with Crippen molar-refractivity contribution in [3.05, 3.63) is 0 Å². The molecule has 1 unspecified atom stereocenters. The maximum Gasteiger partial charge on any atom is 0.223 e. The first-order chi connectivity index (χ1) is 7.23. The molecule has 0 saturated carbocycles. The van der Waals surface area contributed by atoms with Gasteiger partial charge in [0.05, 0.1) is 4.99 Å². The van der Waals surface area contributed by atoms with Gasteiger partial charge < -0.3 is 5.73 Å². The molecule has 0 aliphatic heterocycles. The quantitative estimate of drug-likeness (QED) is 0.707. The van der Waals surface area contributed by atoms with E-state index in [2.05, 4.69) is 13.8 Å². The van der Waals surface area contributed by atoms with Gasteiger partial charge in [-0.25, -0.2) is 12.7 Å². The molecule has 0 aliphatic carbocycles. The van der Waals surface area contributed by atoms with Crippen molar-refractivity contribution in [1.29, 1.82) is 0 Å². The molecule has 0 aromatic rings. The zero-order chi connectivity index (χ0) is 12.9. The van der Waals surface area contributed by atoms with Gasteiger partial charge in [-0.1, -0.05) is 33.0 Å². The van der Waals surface area contributed by atoms with E-state index >= 15 is 0 Å². The molecule has 0 radical (unpaired) electrons. The molecule has 1 atom stereocenters. The molecule has 0 spiro atoms. The SMILES string of the molecule is CCC(C(N)=S)S(=O)(=O)N(C)CCC(C)C. The van der Waals surface area contributed by atoms with E-state index in [-0.39, 0.29) is 4.99 Å². The second-order valence-electron chi connectivity index (χ2n) is 4.35. The summed E-state index contributed by atoms with van der Waals surface area (Å²) in [6.45, 7) is 6.41. The second kappa shape index (κ2) is 6.51. The molecule has 0 aromatic heterocycles. The van der Waals surface area contributed by atoms with Gasteiger partial charge in [0, 0.05) is 13.6 Å². The fraction of sp³-hybridized carbons (Fsp3) is 0.900. The standard InChI is InChI=1S/C10H22N2O2S2/c1-5-9(10(11)15)16(13,14)12(4)7-6-8(2)3/h8-9H,5-7H2,1-4H3,(H2,11,15). The third-order valence-corrected chi connectivity index (χ3v) is 5.29. The molecular weight excluding hydrogens is 244 g/mol. The highest BCUT2D eigenvalue weighted by molar-refractivity contribution is 7.92. The Morgan fingerprint density at radius 1 is 1.44 bits per heavy atom. The average molecular weight is 266 g/mol. The van der Waals surface area contributed by atoms with Crippen LogP contribution in [0.2, 0.25) is 0 Å². The van der Waals surface area contributed by atoms with E-state index in [0.29, 0.717) is 18.9 Å². The van der Waals surface area contributed by atoms with E-state index in [0.717, 1.165) is 6.42 Å². The Morgan fingerprint density at radius 3 is 2.25 bits per heavy atom. The van der Waals surface area contributed by atoms with Crippen LogP contribution >= 0.6 is 12.2 Å². The lowest BCUT2D eigenvalue weighted by atomic mass is 10.1. The zero-order valence-corrected chi connectivity index (χ0v) is 12.1. The van der Waals surface area contributed by atoms with Crippen LogP contribution in [0.1, 0.15) is 33.6 Å². The van der Waals surface area contributed by atoms with Crippen molar-refractivity contribution < 1.29 is 8.42 Å². The number of hydrogen-bond donors (Lipinski definition) is 1. The highest BCUT2D eigenvalue weighted by Gasteiger charge is 2.30. The van der Waals surface area contributed by atoms with Crippen LogP contribution < -0.4 is 5.73 Å². The first-order valence-corrected chi connectivity index (χ1v) is 7.39. The Morgan fingerprint density at radius 2 is 1.94 bits per heavy atom. The lowest BCUT2D eigenvalue weighted by molar-refractivity contribution is 0.425. The number of nitrogens with zero attached hydrogens (tertiary/aromatic N) is 1. The molecule has 0 amide bonds. The van der Waals surface area contributed by atoms with Crippen molar-refractivity contribution in [3.8, 4) is 0 Å². The number of thiocarbonyl (C=S) groups is 1. The Balaban J connectivity index is 4.70. The van der Waals surface area contributed by atoms with Crippen LogP contribution in [0.4, 0.5) is 0 Å². The monoisotopic (exact) mass is 266 g/mol. The highest BCUT2D eigenvalue weighted by Crippen LogP contribution is 2.13. The van der Waals surface area contributed by atoms with Crippen LogP contribution in [-0.4, -0.2) is 36.6 Å². The van der Waals surface area contributed by atoms with Crippen LogP contribution in [0.5, 0.6) is 0 Å². The predicted octanol–water partition coefficient (Wildman–Crippen LogP) is 1.36. The molecule has 0 heterocycles. The molecular formula is C10H22N2O2S2. The smallest absolute Gasteiger partial charge is 0.223 e. The van der Waals surface area contributed by atoms with Gasteiger partial charge in [-0.15, -0.1) is 0 Å². The molecule has 0 rings (SSSR count). The molecule has 0 bridgehead atoms. The van der Waals surface area contributed by atoms with Gasteiger partial charge in [0.25, 0.3) is 0 Å². The van der Waals surface area contributed by atoms with E-state index in [1.807, 2.05) is 0 Å². The van der Waals surface area contributed by atoms with Crippen molar-refractivity contribution in [2.24, 2.45) is 11.7 Å². The van der Waals surface area contributed by atoms with Gasteiger partial charge in [0.1, 0.15) is 5.25 Å². The summed E-state index contributed by atoms with van der Waals surface area (Å²) in [5.41, 5.74) is 5.45. The summed E-state index contributed by atoms with van der Waals surface area (Å²) in [4.78, 5) is 0.0545. The number of rotatable bonds is 7. The second-order valence-corrected chi connectivity index (χ2v) is 7.04. The minimum atomic E-state index is -3.38. The summed E-state index contributed by atoms with van der Waals surface area (Å²) >= 11 is 4.79. The van der Waals surface area contributed by atoms with Gasteiger partial charge in [0.15, 0.2) is 0 Å².